The number of hydrogen-bond acceptors (Lipinski definition) is 3. The minimum atomic E-state index is -0.340. The van der Waals surface area contributed by atoms with Crippen molar-refractivity contribution in [2.75, 3.05) is 11.1 Å². The van der Waals surface area contributed by atoms with Crippen LogP contribution in [0.4, 0.5) is 11.4 Å². The number of nitrogens with zero attached hydrogens (tertiary/aromatic N) is 1. The Morgan fingerprint density at radius 2 is 1.81 bits per heavy atom. The Bertz CT molecular complexity index is 641. The third-order valence-corrected chi connectivity index (χ3v) is 3.22. The molecule has 0 radical (unpaired) electrons. The largest absolute Gasteiger partial charge is 0.399 e. The standard InChI is InChI=1S/C16H19N3O2/c1-2-3-15(19-10-8-14(20)9-11-19)16(21)18-13-6-4-12(17)5-7-13/h4-11,15H,2-3,17H2,1H3,(H,18,21). The molecule has 5 nitrogen and oxygen atoms in total. The Kier molecular flexibility index (Phi) is 4.77. The third-order valence-electron chi connectivity index (χ3n) is 3.22. The maximum absolute atomic E-state index is 12.4. The fourth-order valence-corrected chi connectivity index (χ4v) is 2.11. The Hall–Kier alpha value is -2.56. The van der Waals surface area contributed by atoms with Crippen LogP contribution in [0, 0.1) is 0 Å². The molecular formula is C16H19N3O2. The van der Waals surface area contributed by atoms with Crippen molar-refractivity contribution in [2.45, 2.75) is 25.8 Å². The minimum absolute atomic E-state index is 0.0690. The number of amides is 1. The first-order valence-corrected chi connectivity index (χ1v) is 6.94. The SMILES string of the molecule is CCCC(C(=O)Nc1ccc(N)cc1)n1ccc(=O)cc1. The van der Waals surface area contributed by atoms with Crippen LogP contribution >= 0.6 is 0 Å². The highest BCUT2D eigenvalue weighted by molar-refractivity contribution is 5.93. The van der Waals surface area contributed by atoms with Gasteiger partial charge in [0.25, 0.3) is 0 Å². The number of benzene rings is 1. The molecule has 0 saturated carbocycles. The van der Waals surface area contributed by atoms with E-state index >= 15 is 0 Å². The molecule has 0 spiro atoms. The predicted octanol–water partition coefficient (Wildman–Crippen LogP) is 2.41. The molecule has 1 unspecified atom stereocenters. The zero-order valence-electron chi connectivity index (χ0n) is 12.0. The second-order valence-corrected chi connectivity index (χ2v) is 4.90. The first-order chi connectivity index (χ1) is 10.1. The van der Waals surface area contributed by atoms with Crippen molar-refractivity contribution < 1.29 is 4.79 Å². The van der Waals surface area contributed by atoms with E-state index in [9.17, 15) is 9.59 Å². The maximum atomic E-state index is 12.4. The number of carbonyl (C=O) groups excluding carboxylic acids is 1. The van der Waals surface area contributed by atoms with E-state index in [0.29, 0.717) is 17.8 Å². The molecule has 0 aliphatic heterocycles. The lowest BCUT2D eigenvalue weighted by Crippen LogP contribution is -2.26. The molecule has 3 N–H and O–H groups in total. The van der Waals surface area contributed by atoms with Gasteiger partial charge in [0.2, 0.25) is 5.91 Å². The zero-order chi connectivity index (χ0) is 15.2. The van der Waals surface area contributed by atoms with E-state index in [2.05, 4.69) is 5.32 Å². The molecule has 0 saturated heterocycles. The first kappa shape index (κ1) is 14.8. The topological polar surface area (TPSA) is 77.1 Å². The molecule has 0 aliphatic carbocycles. The zero-order valence-corrected chi connectivity index (χ0v) is 12.0. The summed E-state index contributed by atoms with van der Waals surface area (Å²) < 4.78 is 1.76. The van der Waals surface area contributed by atoms with E-state index in [4.69, 9.17) is 5.73 Å². The number of rotatable bonds is 5. The first-order valence-electron chi connectivity index (χ1n) is 6.94. The summed E-state index contributed by atoms with van der Waals surface area (Å²) in [4.78, 5) is 23.6. The molecule has 5 heteroatoms. The van der Waals surface area contributed by atoms with Gasteiger partial charge in [-0.25, -0.2) is 0 Å². The Balaban J connectivity index is 2.17. The van der Waals surface area contributed by atoms with E-state index in [-0.39, 0.29) is 17.4 Å². The van der Waals surface area contributed by atoms with Gasteiger partial charge in [-0.3, -0.25) is 9.59 Å². The smallest absolute Gasteiger partial charge is 0.247 e. The van der Waals surface area contributed by atoms with Crippen LogP contribution in [0.2, 0.25) is 0 Å². The second kappa shape index (κ2) is 6.74. The molecule has 110 valence electrons. The van der Waals surface area contributed by atoms with E-state index in [0.717, 1.165) is 6.42 Å². The van der Waals surface area contributed by atoms with Gasteiger partial charge in [-0.2, -0.15) is 0 Å². The molecule has 1 atom stereocenters. The molecule has 2 aromatic rings. The predicted molar refractivity (Wildman–Crippen MR) is 84.1 cm³/mol. The van der Waals surface area contributed by atoms with Crippen molar-refractivity contribution in [3.05, 3.63) is 59.0 Å². The quantitative estimate of drug-likeness (QED) is 0.828. The van der Waals surface area contributed by atoms with Crippen molar-refractivity contribution in [1.82, 2.24) is 4.57 Å². The van der Waals surface area contributed by atoms with Crippen LogP contribution in [0.3, 0.4) is 0 Å². The number of nitrogen functional groups attached to an aromatic ring is 1. The van der Waals surface area contributed by atoms with E-state index in [1.54, 1.807) is 41.2 Å². The highest BCUT2D eigenvalue weighted by Crippen LogP contribution is 2.17. The lowest BCUT2D eigenvalue weighted by molar-refractivity contribution is -0.119. The Morgan fingerprint density at radius 3 is 2.38 bits per heavy atom. The summed E-state index contributed by atoms with van der Waals surface area (Å²) in [7, 11) is 0. The molecule has 21 heavy (non-hydrogen) atoms. The number of anilines is 2. The fraction of sp³-hybridized carbons (Fsp3) is 0.250. The van der Waals surface area contributed by atoms with Gasteiger partial charge in [0, 0.05) is 35.9 Å². The van der Waals surface area contributed by atoms with Crippen LogP contribution in [0.5, 0.6) is 0 Å². The summed E-state index contributed by atoms with van der Waals surface area (Å²) >= 11 is 0. The molecule has 1 aromatic carbocycles. The number of nitrogens with one attached hydrogen (secondary N) is 1. The van der Waals surface area contributed by atoms with Gasteiger partial charge in [-0.05, 0) is 30.7 Å². The van der Waals surface area contributed by atoms with Crippen LogP contribution in [-0.4, -0.2) is 10.5 Å². The summed E-state index contributed by atoms with van der Waals surface area (Å²) in [6.07, 6.45) is 4.85. The summed E-state index contributed by atoms with van der Waals surface area (Å²) in [6.45, 7) is 2.02. The van der Waals surface area contributed by atoms with Gasteiger partial charge in [-0.15, -0.1) is 0 Å². The number of carbonyl (C=O) groups is 1. The molecule has 1 heterocycles. The fourth-order valence-electron chi connectivity index (χ4n) is 2.11. The monoisotopic (exact) mass is 285 g/mol. The van der Waals surface area contributed by atoms with Crippen molar-refractivity contribution in [3.8, 4) is 0 Å². The van der Waals surface area contributed by atoms with Crippen LogP contribution in [0.25, 0.3) is 0 Å². The maximum Gasteiger partial charge on any atom is 0.247 e. The van der Waals surface area contributed by atoms with Gasteiger partial charge in [0.15, 0.2) is 5.43 Å². The van der Waals surface area contributed by atoms with Gasteiger partial charge < -0.3 is 15.6 Å². The van der Waals surface area contributed by atoms with Crippen molar-refractivity contribution in [2.24, 2.45) is 0 Å². The molecule has 1 aromatic heterocycles. The highest BCUT2D eigenvalue weighted by atomic mass is 16.2. The van der Waals surface area contributed by atoms with Gasteiger partial charge >= 0.3 is 0 Å². The van der Waals surface area contributed by atoms with Gasteiger partial charge in [0.05, 0.1) is 0 Å². The summed E-state index contributed by atoms with van der Waals surface area (Å²) in [6, 6.07) is 9.59. The summed E-state index contributed by atoms with van der Waals surface area (Å²) in [5.41, 5.74) is 6.91. The number of pyridine rings is 1. The number of nitrogens with two attached hydrogens (primary N) is 1. The van der Waals surface area contributed by atoms with Crippen molar-refractivity contribution in [3.63, 3.8) is 0 Å². The lowest BCUT2D eigenvalue weighted by atomic mass is 10.1. The second-order valence-electron chi connectivity index (χ2n) is 4.90. The highest BCUT2D eigenvalue weighted by Gasteiger charge is 2.18. The summed E-state index contributed by atoms with van der Waals surface area (Å²) in [5.74, 6) is -0.106. The normalized spacial score (nSPS) is 11.9. The average molecular weight is 285 g/mol. The third kappa shape index (κ3) is 3.95. The average Bonchev–Trinajstić information content (AvgIpc) is 2.48. The molecule has 0 bridgehead atoms. The molecule has 0 fully saturated rings. The Morgan fingerprint density at radius 1 is 1.19 bits per heavy atom. The molecule has 0 aliphatic rings. The van der Waals surface area contributed by atoms with Crippen LogP contribution in [0.15, 0.2) is 53.6 Å². The van der Waals surface area contributed by atoms with Gasteiger partial charge in [-0.1, -0.05) is 13.3 Å². The Labute approximate surface area is 123 Å². The molecule has 1 amide bonds. The number of aromatic nitrogens is 1. The van der Waals surface area contributed by atoms with Gasteiger partial charge in [0.1, 0.15) is 6.04 Å². The van der Waals surface area contributed by atoms with Crippen LogP contribution < -0.4 is 16.5 Å². The van der Waals surface area contributed by atoms with E-state index < -0.39 is 0 Å². The van der Waals surface area contributed by atoms with Crippen molar-refractivity contribution >= 4 is 17.3 Å². The van der Waals surface area contributed by atoms with Crippen LogP contribution in [-0.2, 0) is 4.79 Å². The summed E-state index contributed by atoms with van der Waals surface area (Å²) in [5, 5.41) is 2.87. The van der Waals surface area contributed by atoms with Crippen LogP contribution in [0.1, 0.15) is 25.8 Å². The molecular weight excluding hydrogens is 266 g/mol. The van der Waals surface area contributed by atoms with E-state index in [1.165, 1.54) is 12.1 Å². The lowest BCUT2D eigenvalue weighted by Gasteiger charge is -2.19. The number of hydrogen-bond donors (Lipinski definition) is 2. The van der Waals surface area contributed by atoms with Crippen molar-refractivity contribution in [1.29, 1.82) is 0 Å². The minimum Gasteiger partial charge on any atom is -0.399 e. The molecule has 2 rings (SSSR count). The van der Waals surface area contributed by atoms with E-state index in [1.807, 2.05) is 6.92 Å².